The fourth-order valence-corrected chi connectivity index (χ4v) is 4.15. The Kier molecular flexibility index (Phi) is 7.63. The number of guanidine groups is 1. The number of aryl methyl sites for hydroxylation is 1. The molecule has 0 bridgehead atoms. The minimum atomic E-state index is 0.228. The van der Waals surface area contributed by atoms with E-state index in [0.29, 0.717) is 13.0 Å². The summed E-state index contributed by atoms with van der Waals surface area (Å²) >= 11 is 1.67. The van der Waals surface area contributed by atoms with E-state index in [4.69, 9.17) is 4.99 Å². The summed E-state index contributed by atoms with van der Waals surface area (Å²) < 4.78 is 0. The highest BCUT2D eigenvalue weighted by molar-refractivity contribution is 7.09. The zero-order valence-electron chi connectivity index (χ0n) is 17.6. The molecule has 0 saturated carbocycles. The number of hydrogen-bond donors (Lipinski definition) is 1. The topological polar surface area (TPSA) is 60.8 Å². The molecule has 2 aromatic rings. The molecule has 1 aromatic heterocycles. The van der Waals surface area contributed by atoms with Gasteiger partial charge >= 0.3 is 0 Å². The number of nitrogens with zero attached hydrogens (tertiary/aromatic N) is 4. The van der Waals surface area contributed by atoms with Crippen molar-refractivity contribution in [2.24, 2.45) is 4.99 Å². The summed E-state index contributed by atoms with van der Waals surface area (Å²) in [5, 5.41) is 6.49. The number of carbonyl (C=O) groups is 1. The zero-order chi connectivity index (χ0) is 20.6. The lowest BCUT2D eigenvalue weighted by molar-refractivity contribution is -0.132. The second-order valence-electron chi connectivity index (χ2n) is 7.39. The normalized spacial score (nSPS) is 13.9. The van der Waals surface area contributed by atoms with E-state index in [-0.39, 0.29) is 5.91 Å². The maximum atomic E-state index is 12.6. The number of nitrogens with one attached hydrogen (secondary N) is 1. The summed E-state index contributed by atoms with van der Waals surface area (Å²) in [5.41, 5.74) is 3.70. The predicted molar refractivity (Wildman–Crippen MR) is 119 cm³/mol. The monoisotopic (exact) mass is 413 g/mol. The van der Waals surface area contributed by atoms with Crippen LogP contribution in [0.4, 0.5) is 0 Å². The van der Waals surface area contributed by atoms with Crippen molar-refractivity contribution in [1.29, 1.82) is 0 Å². The number of thiazole rings is 1. The number of hydrogen-bond acceptors (Lipinski definition) is 4. The maximum absolute atomic E-state index is 12.6. The summed E-state index contributed by atoms with van der Waals surface area (Å²) in [4.78, 5) is 25.9. The minimum absolute atomic E-state index is 0.228. The van der Waals surface area contributed by atoms with Crippen molar-refractivity contribution in [2.45, 2.75) is 46.2 Å². The number of aliphatic imine (C=N–C) groups is 1. The van der Waals surface area contributed by atoms with Gasteiger partial charge in [-0.2, -0.15) is 0 Å². The Labute approximate surface area is 177 Å². The second kappa shape index (κ2) is 10.4. The highest BCUT2D eigenvalue weighted by Crippen LogP contribution is 2.19. The second-order valence-corrected chi connectivity index (χ2v) is 8.45. The van der Waals surface area contributed by atoms with Gasteiger partial charge in [0.05, 0.1) is 17.2 Å². The molecule has 6 nitrogen and oxygen atoms in total. The molecule has 0 saturated heterocycles. The van der Waals surface area contributed by atoms with Crippen molar-refractivity contribution in [2.75, 3.05) is 26.7 Å². The van der Waals surface area contributed by atoms with Crippen molar-refractivity contribution in [1.82, 2.24) is 20.1 Å². The summed E-state index contributed by atoms with van der Waals surface area (Å²) in [6, 6.07) is 8.41. The smallest absolute Gasteiger partial charge is 0.222 e. The van der Waals surface area contributed by atoms with Gasteiger partial charge in [0.15, 0.2) is 5.96 Å². The fourth-order valence-electron chi connectivity index (χ4n) is 3.55. The van der Waals surface area contributed by atoms with Crippen LogP contribution in [0.25, 0.3) is 0 Å². The molecule has 29 heavy (non-hydrogen) atoms. The Bertz CT molecular complexity index is 847. The van der Waals surface area contributed by atoms with Crippen molar-refractivity contribution < 1.29 is 4.79 Å². The minimum Gasteiger partial charge on any atom is -0.357 e. The maximum Gasteiger partial charge on any atom is 0.222 e. The van der Waals surface area contributed by atoms with Gasteiger partial charge in [-0.05, 0) is 37.8 Å². The van der Waals surface area contributed by atoms with Crippen LogP contribution < -0.4 is 5.32 Å². The van der Waals surface area contributed by atoms with Gasteiger partial charge in [0.25, 0.3) is 0 Å². The number of benzene rings is 1. The molecule has 0 aliphatic carbocycles. The van der Waals surface area contributed by atoms with Crippen LogP contribution in [0.5, 0.6) is 0 Å². The molecule has 0 unspecified atom stereocenters. The quantitative estimate of drug-likeness (QED) is 0.430. The van der Waals surface area contributed by atoms with Crippen molar-refractivity contribution in [3.05, 3.63) is 51.5 Å². The standard InChI is InChI=1S/C22H31N5OS/c1-4-23-22(26(3)15-20-16-29-17(2)25-20)24-12-7-10-21(28)27-13-11-18-8-5-6-9-19(18)14-27/h5-6,8-9,16H,4,7,10-15H2,1-3H3,(H,23,24). The molecule has 1 N–H and O–H groups in total. The fraction of sp³-hybridized carbons (Fsp3) is 0.500. The number of carbonyl (C=O) groups excluding carboxylic acids is 1. The number of aromatic nitrogens is 1. The molecular weight excluding hydrogens is 382 g/mol. The van der Waals surface area contributed by atoms with Gasteiger partial charge in [0.2, 0.25) is 5.91 Å². The van der Waals surface area contributed by atoms with E-state index in [1.807, 2.05) is 24.9 Å². The molecule has 1 aliphatic heterocycles. The molecule has 156 valence electrons. The summed E-state index contributed by atoms with van der Waals surface area (Å²) in [6.07, 6.45) is 2.25. The first kappa shape index (κ1) is 21.3. The Hall–Kier alpha value is -2.41. The molecule has 0 spiro atoms. The van der Waals surface area contributed by atoms with Crippen LogP contribution in [-0.4, -0.2) is 53.3 Å². The number of rotatable bonds is 7. The highest BCUT2D eigenvalue weighted by atomic mass is 32.1. The Balaban J connectivity index is 1.47. The van der Waals surface area contributed by atoms with E-state index in [1.165, 1.54) is 11.1 Å². The average molecular weight is 414 g/mol. The lowest BCUT2D eigenvalue weighted by atomic mass is 9.99. The predicted octanol–water partition coefficient (Wildman–Crippen LogP) is 3.21. The Morgan fingerprint density at radius 2 is 2.14 bits per heavy atom. The average Bonchev–Trinajstić information content (AvgIpc) is 3.14. The van der Waals surface area contributed by atoms with E-state index in [9.17, 15) is 4.79 Å². The first-order valence-electron chi connectivity index (χ1n) is 10.3. The molecular formula is C22H31N5OS. The molecule has 1 amide bonds. The lowest BCUT2D eigenvalue weighted by Crippen LogP contribution is -2.38. The molecule has 1 aliphatic rings. The van der Waals surface area contributed by atoms with Gasteiger partial charge in [-0.1, -0.05) is 24.3 Å². The van der Waals surface area contributed by atoms with Crippen LogP contribution in [-0.2, 0) is 24.3 Å². The third-order valence-corrected chi connectivity index (χ3v) is 5.88. The molecule has 7 heteroatoms. The third-order valence-electron chi connectivity index (χ3n) is 5.06. The van der Waals surface area contributed by atoms with E-state index < -0.39 is 0 Å². The number of amides is 1. The first-order chi connectivity index (χ1) is 14.1. The molecule has 0 atom stereocenters. The largest absolute Gasteiger partial charge is 0.357 e. The van der Waals surface area contributed by atoms with Gasteiger partial charge in [0, 0.05) is 45.0 Å². The van der Waals surface area contributed by atoms with Crippen LogP contribution in [0, 0.1) is 6.92 Å². The highest BCUT2D eigenvalue weighted by Gasteiger charge is 2.19. The Morgan fingerprint density at radius 3 is 2.86 bits per heavy atom. The van der Waals surface area contributed by atoms with Gasteiger partial charge in [-0.15, -0.1) is 11.3 Å². The third kappa shape index (κ3) is 6.03. The lowest BCUT2D eigenvalue weighted by Gasteiger charge is -2.29. The molecule has 1 aromatic carbocycles. The summed E-state index contributed by atoms with van der Waals surface area (Å²) in [5.74, 6) is 1.09. The van der Waals surface area contributed by atoms with Crippen molar-refractivity contribution in [3.8, 4) is 0 Å². The van der Waals surface area contributed by atoms with Gasteiger partial charge < -0.3 is 15.1 Å². The van der Waals surface area contributed by atoms with Crippen LogP contribution in [0.1, 0.15) is 41.6 Å². The van der Waals surface area contributed by atoms with Gasteiger partial charge in [0.1, 0.15) is 0 Å². The van der Waals surface area contributed by atoms with Crippen LogP contribution in [0.15, 0.2) is 34.6 Å². The molecule has 0 radical (unpaired) electrons. The zero-order valence-corrected chi connectivity index (χ0v) is 18.5. The molecule has 3 rings (SSSR count). The van der Waals surface area contributed by atoms with E-state index in [0.717, 1.165) is 55.7 Å². The van der Waals surface area contributed by atoms with Crippen molar-refractivity contribution >= 4 is 23.2 Å². The Morgan fingerprint density at radius 1 is 1.34 bits per heavy atom. The molecule has 2 heterocycles. The number of fused-ring (bicyclic) bond motifs is 1. The van der Waals surface area contributed by atoms with E-state index >= 15 is 0 Å². The van der Waals surface area contributed by atoms with E-state index in [1.54, 1.807) is 11.3 Å². The van der Waals surface area contributed by atoms with Gasteiger partial charge in [-0.3, -0.25) is 9.79 Å². The van der Waals surface area contributed by atoms with Gasteiger partial charge in [-0.25, -0.2) is 4.98 Å². The van der Waals surface area contributed by atoms with Crippen LogP contribution in [0.3, 0.4) is 0 Å². The molecule has 0 fully saturated rings. The SMILES string of the molecule is CCNC(=NCCCC(=O)N1CCc2ccccc2C1)N(C)Cc1csc(C)n1. The van der Waals surface area contributed by atoms with E-state index in [2.05, 4.69) is 45.7 Å². The van der Waals surface area contributed by atoms with Crippen molar-refractivity contribution in [3.63, 3.8) is 0 Å². The summed E-state index contributed by atoms with van der Waals surface area (Å²) in [7, 11) is 2.02. The summed E-state index contributed by atoms with van der Waals surface area (Å²) in [6.45, 7) is 7.81. The van der Waals surface area contributed by atoms with Crippen LogP contribution >= 0.6 is 11.3 Å². The first-order valence-corrected chi connectivity index (χ1v) is 11.2. The van der Waals surface area contributed by atoms with Crippen LogP contribution in [0.2, 0.25) is 0 Å².